The summed E-state index contributed by atoms with van der Waals surface area (Å²) >= 11 is 1.57. The number of aryl methyl sites for hydroxylation is 1. The highest BCUT2D eigenvalue weighted by molar-refractivity contribution is 8.00. The Morgan fingerprint density at radius 3 is 2.68 bits per heavy atom. The highest BCUT2D eigenvalue weighted by atomic mass is 32.2. The summed E-state index contributed by atoms with van der Waals surface area (Å²) in [5.74, 6) is 0.0333. The van der Waals surface area contributed by atoms with Crippen molar-refractivity contribution in [2.45, 2.75) is 30.5 Å². The van der Waals surface area contributed by atoms with Crippen LogP contribution in [0.3, 0.4) is 0 Å². The van der Waals surface area contributed by atoms with Crippen LogP contribution in [0.4, 0.5) is 0 Å². The lowest BCUT2D eigenvalue weighted by molar-refractivity contribution is -0.120. The number of aromatic nitrogens is 2. The van der Waals surface area contributed by atoms with Gasteiger partial charge in [-0.15, -0.1) is 11.8 Å². The first-order valence-electron chi connectivity index (χ1n) is 8.21. The zero-order chi connectivity index (χ0) is 17.6. The van der Waals surface area contributed by atoms with E-state index >= 15 is 0 Å². The normalized spacial score (nSPS) is 11.9. The number of nitrogens with zero attached hydrogens (tertiary/aromatic N) is 2. The molecule has 0 bridgehead atoms. The van der Waals surface area contributed by atoms with Crippen LogP contribution in [0.15, 0.2) is 72.1 Å². The molecule has 0 unspecified atom stereocenters. The average molecular weight is 351 g/mol. The molecular weight excluding hydrogens is 330 g/mol. The van der Waals surface area contributed by atoms with Crippen molar-refractivity contribution in [3.05, 3.63) is 78.4 Å². The Balaban J connectivity index is 1.62. The van der Waals surface area contributed by atoms with E-state index in [1.165, 1.54) is 5.56 Å². The molecule has 1 atom stereocenters. The molecular formula is C20H21N3OS. The Morgan fingerprint density at radius 1 is 1.20 bits per heavy atom. The molecule has 0 radical (unpaired) electrons. The maximum atomic E-state index is 12.4. The van der Waals surface area contributed by atoms with Crippen molar-refractivity contribution in [1.82, 2.24) is 14.9 Å². The van der Waals surface area contributed by atoms with Crippen molar-refractivity contribution in [3.63, 3.8) is 0 Å². The third kappa shape index (κ3) is 4.51. The highest BCUT2D eigenvalue weighted by Crippen LogP contribution is 2.23. The molecule has 3 aromatic rings. The van der Waals surface area contributed by atoms with Crippen molar-refractivity contribution >= 4 is 17.7 Å². The number of carbonyl (C=O) groups excluding carboxylic acids is 1. The van der Waals surface area contributed by atoms with Gasteiger partial charge in [-0.25, -0.2) is 4.98 Å². The van der Waals surface area contributed by atoms with Crippen LogP contribution in [0, 0.1) is 6.92 Å². The number of nitrogens with one attached hydrogen (secondary N) is 1. The maximum absolute atomic E-state index is 12.4. The molecule has 3 rings (SSSR count). The minimum absolute atomic E-state index is 0.0333. The van der Waals surface area contributed by atoms with Gasteiger partial charge in [-0.3, -0.25) is 4.79 Å². The van der Waals surface area contributed by atoms with E-state index in [1.807, 2.05) is 42.0 Å². The predicted molar refractivity (Wildman–Crippen MR) is 102 cm³/mol. The molecule has 0 aliphatic heterocycles. The van der Waals surface area contributed by atoms with Gasteiger partial charge in [0.25, 0.3) is 0 Å². The quantitative estimate of drug-likeness (QED) is 0.684. The minimum atomic E-state index is -0.150. The van der Waals surface area contributed by atoms with E-state index in [9.17, 15) is 4.79 Å². The third-order valence-electron chi connectivity index (χ3n) is 3.93. The van der Waals surface area contributed by atoms with E-state index in [4.69, 9.17) is 0 Å². The second kappa shape index (κ2) is 8.03. The minimum Gasteiger partial charge on any atom is -0.351 e. The molecule has 1 amide bonds. The van der Waals surface area contributed by atoms with Crippen LogP contribution in [0.5, 0.6) is 0 Å². The topological polar surface area (TPSA) is 46.9 Å². The van der Waals surface area contributed by atoms with Gasteiger partial charge in [-0.1, -0.05) is 35.9 Å². The molecule has 0 spiro atoms. The summed E-state index contributed by atoms with van der Waals surface area (Å²) in [6.07, 6.45) is 5.41. The summed E-state index contributed by atoms with van der Waals surface area (Å²) < 4.78 is 1.95. The van der Waals surface area contributed by atoms with Crippen LogP contribution in [0.2, 0.25) is 0 Å². The summed E-state index contributed by atoms with van der Waals surface area (Å²) in [4.78, 5) is 17.6. The molecule has 0 aliphatic carbocycles. The number of amides is 1. The van der Waals surface area contributed by atoms with Crippen LogP contribution in [-0.4, -0.2) is 20.7 Å². The predicted octanol–water partition coefficient (Wildman–Crippen LogP) is 3.98. The summed E-state index contributed by atoms with van der Waals surface area (Å²) in [6, 6.07) is 16.2. The van der Waals surface area contributed by atoms with Crippen molar-refractivity contribution in [3.8, 4) is 5.69 Å². The van der Waals surface area contributed by atoms with Gasteiger partial charge in [0.05, 0.1) is 17.3 Å². The molecule has 0 saturated carbocycles. The van der Waals surface area contributed by atoms with Crippen LogP contribution in [-0.2, 0) is 11.3 Å². The molecule has 0 saturated heterocycles. The molecule has 0 aliphatic rings. The van der Waals surface area contributed by atoms with Crippen molar-refractivity contribution in [2.24, 2.45) is 0 Å². The number of rotatable bonds is 6. The largest absolute Gasteiger partial charge is 0.351 e. The number of imidazole rings is 1. The number of thioether (sulfide) groups is 1. The van der Waals surface area contributed by atoms with Gasteiger partial charge < -0.3 is 9.88 Å². The van der Waals surface area contributed by atoms with Gasteiger partial charge in [0.2, 0.25) is 5.91 Å². The SMILES string of the molecule is Cc1ccc(S[C@H](C)C(=O)NCc2ccccc2-n2ccnc2)cc1. The molecule has 25 heavy (non-hydrogen) atoms. The van der Waals surface area contributed by atoms with E-state index in [0.29, 0.717) is 6.54 Å². The van der Waals surface area contributed by atoms with Crippen molar-refractivity contribution in [2.75, 3.05) is 0 Å². The van der Waals surface area contributed by atoms with Crippen LogP contribution >= 0.6 is 11.8 Å². The van der Waals surface area contributed by atoms with Crippen molar-refractivity contribution < 1.29 is 4.79 Å². The number of hydrogen-bond acceptors (Lipinski definition) is 3. The number of hydrogen-bond donors (Lipinski definition) is 1. The highest BCUT2D eigenvalue weighted by Gasteiger charge is 2.14. The lowest BCUT2D eigenvalue weighted by atomic mass is 10.1. The molecule has 128 valence electrons. The first-order valence-corrected chi connectivity index (χ1v) is 9.09. The number of benzene rings is 2. The zero-order valence-corrected chi connectivity index (χ0v) is 15.2. The monoisotopic (exact) mass is 351 g/mol. The summed E-state index contributed by atoms with van der Waals surface area (Å²) in [5, 5.41) is 2.89. The lowest BCUT2D eigenvalue weighted by Crippen LogP contribution is -2.30. The van der Waals surface area contributed by atoms with E-state index in [-0.39, 0.29) is 11.2 Å². The standard InChI is InChI=1S/C20H21N3OS/c1-15-7-9-18(10-8-15)25-16(2)20(24)22-13-17-5-3-4-6-19(17)23-12-11-21-14-23/h3-12,14,16H,13H2,1-2H3,(H,22,24)/t16-/m1/s1. The summed E-state index contributed by atoms with van der Waals surface area (Å²) in [7, 11) is 0. The van der Waals surface area contributed by atoms with Crippen molar-refractivity contribution in [1.29, 1.82) is 0 Å². The number of carbonyl (C=O) groups is 1. The maximum Gasteiger partial charge on any atom is 0.233 e. The fourth-order valence-electron chi connectivity index (χ4n) is 2.51. The van der Waals surface area contributed by atoms with Crippen LogP contribution in [0.25, 0.3) is 5.69 Å². The van der Waals surface area contributed by atoms with E-state index < -0.39 is 0 Å². The molecule has 1 heterocycles. The Labute approximate surface area is 152 Å². The van der Waals surface area contributed by atoms with Crippen LogP contribution < -0.4 is 5.32 Å². The van der Waals surface area contributed by atoms with Gasteiger partial charge >= 0.3 is 0 Å². The smallest absolute Gasteiger partial charge is 0.233 e. The van der Waals surface area contributed by atoms with E-state index in [2.05, 4.69) is 41.5 Å². The second-order valence-electron chi connectivity index (χ2n) is 5.89. The molecule has 0 fully saturated rings. The van der Waals surface area contributed by atoms with E-state index in [0.717, 1.165) is 16.1 Å². The Kier molecular flexibility index (Phi) is 5.56. The molecule has 5 heteroatoms. The summed E-state index contributed by atoms with van der Waals surface area (Å²) in [6.45, 7) is 4.48. The fraction of sp³-hybridized carbons (Fsp3) is 0.200. The van der Waals surface area contributed by atoms with Crippen LogP contribution in [0.1, 0.15) is 18.1 Å². The van der Waals surface area contributed by atoms with Gasteiger partial charge in [0.1, 0.15) is 0 Å². The first-order chi connectivity index (χ1) is 12.1. The Bertz CT molecular complexity index is 828. The van der Waals surface area contributed by atoms with Gasteiger partial charge in [-0.05, 0) is 37.6 Å². The average Bonchev–Trinajstić information content (AvgIpc) is 3.16. The number of para-hydroxylation sites is 1. The van der Waals surface area contributed by atoms with Gasteiger partial charge in [0.15, 0.2) is 0 Å². The Hall–Kier alpha value is -2.53. The zero-order valence-electron chi connectivity index (χ0n) is 14.3. The second-order valence-corrected chi connectivity index (χ2v) is 7.30. The molecule has 4 nitrogen and oxygen atoms in total. The lowest BCUT2D eigenvalue weighted by Gasteiger charge is -2.14. The Morgan fingerprint density at radius 2 is 1.96 bits per heavy atom. The van der Waals surface area contributed by atoms with Gasteiger partial charge in [0, 0.05) is 23.8 Å². The first kappa shape index (κ1) is 17.3. The molecule has 1 aromatic heterocycles. The van der Waals surface area contributed by atoms with E-state index in [1.54, 1.807) is 24.3 Å². The summed E-state index contributed by atoms with van der Waals surface area (Å²) in [5.41, 5.74) is 3.30. The van der Waals surface area contributed by atoms with Gasteiger partial charge in [-0.2, -0.15) is 0 Å². The fourth-order valence-corrected chi connectivity index (χ4v) is 3.41. The third-order valence-corrected chi connectivity index (χ3v) is 5.04. The molecule has 1 N–H and O–H groups in total. The molecule has 2 aromatic carbocycles.